The lowest BCUT2D eigenvalue weighted by Crippen LogP contribution is -2.49. The number of methoxy groups -OCH3 is 1. The van der Waals surface area contributed by atoms with Gasteiger partial charge in [0.2, 0.25) is 0 Å². The minimum atomic E-state index is -0.109. The second-order valence-corrected chi connectivity index (χ2v) is 6.69. The number of rotatable bonds is 4. The Morgan fingerprint density at radius 1 is 1.29 bits per heavy atom. The molecular weight excluding hydrogens is 324 g/mol. The van der Waals surface area contributed by atoms with Crippen molar-refractivity contribution in [2.24, 2.45) is 0 Å². The average molecular weight is 344 g/mol. The number of amides is 2. The molecule has 1 N–H and O–H groups in total. The summed E-state index contributed by atoms with van der Waals surface area (Å²) >= 11 is 1.36. The molecule has 1 aromatic carbocycles. The van der Waals surface area contributed by atoms with Gasteiger partial charge >= 0.3 is 0 Å². The molecule has 1 fully saturated rings. The van der Waals surface area contributed by atoms with Crippen LogP contribution in [0.15, 0.2) is 41.8 Å². The molecular formula is C18H20N2O3S. The summed E-state index contributed by atoms with van der Waals surface area (Å²) in [6, 6.07) is 11.0. The Hall–Kier alpha value is -2.34. The average Bonchev–Trinajstić information content (AvgIpc) is 3.11. The van der Waals surface area contributed by atoms with Gasteiger partial charge in [-0.1, -0.05) is 18.2 Å². The van der Waals surface area contributed by atoms with Gasteiger partial charge in [0.15, 0.2) is 0 Å². The minimum absolute atomic E-state index is 0.0207. The number of likely N-dealkylation sites (tertiary alicyclic amines) is 1. The van der Waals surface area contributed by atoms with E-state index in [9.17, 15) is 9.59 Å². The quantitative estimate of drug-likeness (QED) is 0.928. The zero-order chi connectivity index (χ0) is 16.9. The lowest BCUT2D eigenvalue weighted by molar-refractivity contribution is 0.0676. The highest BCUT2D eigenvalue weighted by Gasteiger charge is 2.26. The van der Waals surface area contributed by atoms with Gasteiger partial charge in [0.05, 0.1) is 12.0 Å². The van der Waals surface area contributed by atoms with Gasteiger partial charge in [-0.2, -0.15) is 0 Å². The summed E-state index contributed by atoms with van der Waals surface area (Å²) in [5, 5.41) is 4.84. The number of thiophene rings is 1. The molecule has 24 heavy (non-hydrogen) atoms. The molecule has 1 aliphatic heterocycles. The van der Waals surface area contributed by atoms with E-state index in [1.165, 1.54) is 11.3 Å². The lowest BCUT2D eigenvalue weighted by atomic mass is 10.0. The Labute approximate surface area is 145 Å². The van der Waals surface area contributed by atoms with Crippen LogP contribution in [0.5, 0.6) is 5.75 Å². The van der Waals surface area contributed by atoms with Gasteiger partial charge in [-0.15, -0.1) is 11.3 Å². The molecule has 126 valence electrons. The van der Waals surface area contributed by atoms with E-state index in [0.717, 1.165) is 19.4 Å². The molecule has 0 saturated carbocycles. The van der Waals surface area contributed by atoms with Crippen LogP contribution in [0.1, 0.15) is 32.9 Å². The van der Waals surface area contributed by atoms with E-state index < -0.39 is 0 Å². The number of hydrogen-bond donors (Lipinski definition) is 1. The number of piperidine rings is 1. The minimum Gasteiger partial charge on any atom is -0.496 e. The van der Waals surface area contributed by atoms with E-state index in [1.54, 1.807) is 18.6 Å². The lowest BCUT2D eigenvalue weighted by Gasteiger charge is -2.33. The van der Waals surface area contributed by atoms with Crippen molar-refractivity contribution in [1.82, 2.24) is 10.2 Å². The summed E-state index contributed by atoms with van der Waals surface area (Å²) in [5.74, 6) is 0.601. The van der Waals surface area contributed by atoms with Crippen molar-refractivity contribution in [1.29, 1.82) is 0 Å². The first-order valence-corrected chi connectivity index (χ1v) is 8.83. The highest BCUT2D eigenvalue weighted by atomic mass is 32.1. The number of ether oxygens (including phenoxy) is 1. The van der Waals surface area contributed by atoms with Crippen LogP contribution in [0.2, 0.25) is 0 Å². The molecule has 6 heteroatoms. The van der Waals surface area contributed by atoms with Crippen molar-refractivity contribution in [2.75, 3.05) is 20.2 Å². The molecule has 2 heterocycles. The molecule has 1 aromatic heterocycles. The molecule has 0 spiro atoms. The third-order valence-corrected chi connectivity index (χ3v) is 5.01. The maximum Gasteiger partial charge on any atom is 0.261 e. The topological polar surface area (TPSA) is 58.6 Å². The molecule has 0 aliphatic carbocycles. The number of carbonyl (C=O) groups is 2. The third kappa shape index (κ3) is 3.76. The Bertz CT molecular complexity index is 714. The normalized spacial score (nSPS) is 17.4. The van der Waals surface area contributed by atoms with Gasteiger partial charge in [0, 0.05) is 36.1 Å². The largest absolute Gasteiger partial charge is 0.496 e. The molecule has 0 unspecified atom stereocenters. The van der Waals surface area contributed by atoms with Crippen LogP contribution in [0, 0.1) is 0 Å². The van der Waals surface area contributed by atoms with E-state index >= 15 is 0 Å². The van der Waals surface area contributed by atoms with Gasteiger partial charge in [0.1, 0.15) is 5.75 Å². The van der Waals surface area contributed by atoms with Gasteiger partial charge < -0.3 is 15.0 Å². The van der Waals surface area contributed by atoms with Crippen LogP contribution in [0.25, 0.3) is 0 Å². The number of hydrogen-bond acceptors (Lipinski definition) is 4. The number of nitrogens with one attached hydrogen (secondary N) is 1. The van der Waals surface area contributed by atoms with Crippen molar-refractivity contribution in [3.63, 3.8) is 0 Å². The summed E-state index contributed by atoms with van der Waals surface area (Å²) in [7, 11) is 1.58. The first-order valence-electron chi connectivity index (χ1n) is 7.95. The van der Waals surface area contributed by atoms with Crippen LogP contribution >= 0.6 is 11.3 Å². The maximum atomic E-state index is 12.5. The second-order valence-electron chi connectivity index (χ2n) is 5.78. The van der Waals surface area contributed by atoms with E-state index in [0.29, 0.717) is 22.7 Å². The van der Waals surface area contributed by atoms with Gasteiger partial charge in [-0.05, 0) is 25.0 Å². The predicted molar refractivity (Wildman–Crippen MR) is 93.7 cm³/mol. The molecule has 2 amide bonds. The Morgan fingerprint density at radius 3 is 2.79 bits per heavy atom. The Kier molecular flexibility index (Phi) is 5.15. The van der Waals surface area contributed by atoms with Crippen molar-refractivity contribution in [3.8, 4) is 5.75 Å². The summed E-state index contributed by atoms with van der Waals surface area (Å²) in [6.45, 7) is 1.27. The standard InChI is InChI=1S/C18H20N2O3S/c1-23-15-10-16(24-12-15)17(21)19-14-8-5-9-20(11-14)18(22)13-6-3-2-4-7-13/h2-4,6-7,10,12,14H,5,8-9,11H2,1H3,(H,19,21)/t14-/m0/s1. The highest BCUT2D eigenvalue weighted by molar-refractivity contribution is 7.12. The smallest absolute Gasteiger partial charge is 0.261 e. The van der Waals surface area contributed by atoms with E-state index in [-0.39, 0.29) is 17.9 Å². The van der Waals surface area contributed by atoms with Crippen LogP contribution in [-0.2, 0) is 0 Å². The van der Waals surface area contributed by atoms with Gasteiger partial charge in [0.25, 0.3) is 11.8 Å². The number of benzene rings is 1. The zero-order valence-electron chi connectivity index (χ0n) is 13.5. The molecule has 1 atom stereocenters. The first-order chi connectivity index (χ1) is 11.7. The fourth-order valence-corrected chi connectivity index (χ4v) is 3.60. The molecule has 2 aromatic rings. The number of carbonyl (C=O) groups excluding carboxylic acids is 2. The molecule has 1 aliphatic rings. The summed E-state index contributed by atoms with van der Waals surface area (Å²) in [6.07, 6.45) is 1.77. The summed E-state index contributed by atoms with van der Waals surface area (Å²) in [5.41, 5.74) is 0.687. The maximum absolute atomic E-state index is 12.5. The summed E-state index contributed by atoms with van der Waals surface area (Å²) in [4.78, 5) is 27.3. The molecule has 1 saturated heterocycles. The number of nitrogens with zero attached hydrogens (tertiary/aromatic N) is 1. The summed E-state index contributed by atoms with van der Waals surface area (Å²) < 4.78 is 5.11. The second kappa shape index (κ2) is 7.49. The fourth-order valence-electron chi connectivity index (χ4n) is 2.84. The van der Waals surface area contributed by atoms with Crippen molar-refractivity contribution in [2.45, 2.75) is 18.9 Å². The van der Waals surface area contributed by atoms with Crippen LogP contribution in [-0.4, -0.2) is 43.0 Å². The monoisotopic (exact) mass is 344 g/mol. The highest BCUT2D eigenvalue weighted by Crippen LogP contribution is 2.21. The molecule has 0 radical (unpaired) electrons. The van der Waals surface area contributed by atoms with Crippen molar-refractivity contribution >= 4 is 23.2 Å². The Morgan fingerprint density at radius 2 is 2.08 bits per heavy atom. The van der Waals surface area contributed by atoms with Crippen LogP contribution in [0.4, 0.5) is 0 Å². The molecule has 5 nitrogen and oxygen atoms in total. The Balaban J connectivity index is 1.61. The SMILES string of the molecule is COc1csc(C(=O)N[C@H]2CCCN(C(=O)c3ccccc3)C2)c1. The van der Waals surface area contributed by atoms with E-state index in [2.05, 4.69) is 5.32 Å². The zero-order valence-corrected chi connectivity index (χ0v) is 14.3. The fraction of sp³-hybridized carbons (Fsp3) is 0.333. The van der Waals surface area contributed by atoms with Crippen molar-refractivity contribution in [3.05, 3.63) is 52.2 Å². The van der Waals surface area contributed by atoms with Crippen LogP contribution in [0.3, 0.4) is 0 Å². The predicted octanol–water partition coefficient (Wildman–Crippen LogP) is 2.79. The third-order valence-electron chi connectivity index (χ3n) is 4.10. The van der Waals surface area contributed by atoms with E-state index in [1.807, 2.05) is 35.2 Å². The van der Waals surface area contributed by atoms with Crippen LogP contribution < -0.4 is 10.1 Å². The molecule has 3 rings (SSSR count). The molecule has 0 bridgehead atoms. The van der Waals surface area contributed by atoms with Gasteiger partial charge in [-0.3, -0.25) is 9.59 Å². The van der Waals surface area contributed by atoms with Gasteiger partial charge in [-0.25, -0.2) is 0 Å². The first kappa shape index (κ1) is 16.5. The van der Waals surface area contributed by atoms with Crippen molar-refractivity contribution < 1.29 is 14.3 Å². The van der Waals surface area contributed by atoms with E-state index in [4.69, 9.17) is 4.74 Å².